The fourth-order valence-corrected chi connectivity index (χ4v) is 1.44. The van der Waals surface area contributed by atoms with Crippen molar-refractivity contribution < 1.29 is 20.1 Å². The molecule has 7 heteroatoms. The van der Waals surface area contributed by atoms with Crippen molar-refractivity contribution >= 4 is 5.91 Å². The van der Waals surface area contributed by atoms with Crippen LogP contribution in [-0.4, -0.2) is 33.4 Å². The SMILES string of the molecule is CC1(CCNC(=O)c2cc(O)c(O)c(O)c2)N=N1. The number of hydrogen-bond acceptors (Lipinski definition) is 6. The van der Waals surface area contributed by atoms with Gasteiger partial charge >= 0.3 is 0 Å². The van der Waals surface area contributed by atoms with Gasteiger partial charge in [-0.05, 0) is 19.1 Å². The Morgan fingerprint density at radius 2 is 1.83 bits per heavy atom. The molecule has 0 radical (unpaired) electrons. The molecule has 96 valence electrons. The maximum absolute atomic E-state index is 11.7. The molecule has 0 bridgehead atoms. The Morgan fingerprint density at radius 3 is 2.33 bits per heavy atom. The van der Waals surface area contributed by atoms with Crippen molar-refractivity contribution in [2.75, 3.05) is 6.54 Å². The van der Waals surface area contributed by atoms with E-state index < -0.39 is 23.2 Å². The van der Waals surface area contributed by atoms with Crippen molar-refractivity contribution in [3.05, 3.63) is 17.7 Å². The molecule has 0 spiro atoms. The molecule has 1 heterocycles. The van der Waals surface area contributed by atoms with Gasteiger partial charge in [-0.25, -0.2) is 0 Å². The van der Waals surface area contributed by atoms with Crippen LogP contribution in [0.3, 0.4) is 0 Å². The first-order valence-corrected chi connectivity index (χ1v) is 5.38. The summed E-state index contributed by atoms with van der Waals surface area (Å²) < 4.78 is 0. The Morgan fingerprint density at radius 1 is 1.28 bits per heavy atom. The molecule has 0 atom stereocenters. The second-order valence-electron chi connectivity index (χ2n) is 4.29. The van der Waals surface area contributed by atoms with Gasteiger partial charge in [0.2, 0.25) is 0 Å². The zero-order valence-electron chi connectivity index (χ0n) is 9.71. The van der Waals surface area contributed by atoms with Crippen LogP contribution in [0.15, 0.2) is 22.4 Å². The van der Waals surface area contributed by atoms with E-state index in [0.717, 1.165) is 12.1 Å². The van der Waals surface area contributed by atoms with Gasteiger partial charge in [-0.15, -0.1) is 0 Å². The fourth-order valence-electron chi connectivity index (χ4n) is 1.44. The summed E-state index contributed by atoms with van der Waals surface area (Å²) in [6.45, 7) is 2.22. The Bertz CT molecular complexity index is 498. The van der Waals surface area contributed by atoms with Crippen molar-refractivity contribution in [1.82, 2.24) is 5.32 Å². The minimum atomic E-state index is -0.644. The molecule has 0 unspecified atom stereocenters. The van der Waals surface area contributed by atoms with Crippen LogP contribution in [0.5, 0.6) is 17.2 Å². The smallest absolute Gasteiger partial charge is 0.251 e. The number of hydrogen-bond donors (Lipinski definition) is 4. The number of phenolic OH excluding ortho intramolecular Hbond substituents is 3. The number of carbonyl (C=O) groups is 1. The second-order valence-corrected chi connectivity index (χ2v) is 4.29. The van der Waals surface area contributed by atoms with E-state index in [1.807, 2.05) is 6.92 Å². The summed E-state index contributed by atoms with van der Waals surface area (Å²) in [6, 6.07) is 2.16. The highest BCUT2D eigenvalue weighted by Gasteiger charge is 2.33. The number of benzene rings is 1. The molecule has 1 aliphatic heterocycles. The highest BCUT2D eigenvalue weighted by molar-refractivity contribution is 5.95. The number of nitrogens with one attached hydrogen (secondary N) is 1. The summed E-state index contributed by atoms with van der Waals surface area (Å²) in [4.78, 5) is 11.7. The molecule has 0 saturated heterocycles. The number of rotatable bonds is 4. The van der Waals surface area contributed by atoms with Crippen LogP contribution in [0.1, 0.15) is 23.7 Å². The van der Waals surface area contributed by atoms with Crippen LogP contribution in [0.2, 0.25) is 0 Å². The molecule has 1 aromatic rings. The van der Waals surface area contributed by atoms with Gasteiger partial charge in [-0.3, -0.25) is 4.79 Å². The third kappa shape index (κ3) is 2.50. The average molecular weight is 251 g/mol. The van der Waals surface area contributed by atoms with E-state index in [2.05, 4.69) is 15.5 Å². The molecule has 18 heavy (non-hydrogen) atoms. The summed E-state index contributed by atoms with van der Waals surface area (Å²) in [5.41, 5.74) is -0.315. The second kappa shape index (κ2) is 4.17. The van der Waals surface area contributed by atoms with Gasteiger partial charge in [0, 0.05) is 18.5 Å². The third-order valence-electron chi connectivity index (χ3n) is 2.66. The summed E-state index contributed by atoms with van der Waals surface area (Å²) >= 11 is 0. The molecule has 4 N–H and O–H groups in total. The molecule has 7 nitrogen and oxygen atoms in total. The molecule has 1 amide bonds. The van der Waals surface area contributed by atoms with Crippen molar-refractivity contribution in [3.63, 3.8) is 0 Å². The Kier molecular flexibility index (Phi) is 2.82. The maximum atomic E-state index is 11.7. The van der Waals surface area contributed by atoms with Gasteiger partial charge in [0.25, 0.3) is 5.91 Å². The van der Waals surface area contributed by atoms with Crippen molar-refractivity contribution in [1.29, 1.82) is 0 Å². The van der Waals surface area contributed by atoms with Crippen LogP contribution in [0, 0.1) is 0 Å². The largest absolute Gasteiger partial charge is 0.504 e. The number of nitrogens with zero attached hydrogens (tertiary/aromatic N) is 2. The normalized spacial score (nSPS) is 15.4. The maximum Gasteiger partial charge on any atom is 0.251 e. The predicted octanol–water partition coefficient (Wildman–Crippen LogP) is 1.11. The summed E-state index contributed by atoms with van der Waals surface area (Å²) in [7, 11) is 0. The topological polar surface area (TPSA) is 115 Å². The van der Waals surface area contributed by atoms with Gasteiger partial charge in [0.1, 0.15) is 0 Å². The summed E-state index contributed by atoms with van der Waals surface area (Å²) in [5, 5.41) is 37.9. The van der Waals surface area contributed by atoms with Crippen LogP contribution < -0.4 is 5.32 Å². The zero-order valence-corrected chi connectivity index (χ0v) is 9.71. The van der Waals surface area contributed by atoms with Crippen molar-refractivity contribution in [2.24, 2.45) is 10.2 Å². The molecular formula is C11H13N3O4. The molecule has 1 aromatic carbocycles. The van der Waals surface area contributed by atoms with Crippen LogP contribution >= 0.6 is 0 Å². The Hall–Kier alpha value is -2.31. The first kappa shape index (κ1) is 12.2. The lowest BCUT2D eigenvalue weighted by atomic mass is 10.1. The average Bonchev–Trinajstić information content (AvgIpc) is 3.03. The van der Waals surface area contributed by atoms with Crippen LogP contribution in [0.4, 0.5) is 0 Å². The lowest BCUT2D eigenvalue weighted by Crippen LogP contribution is -2.27. The molecule has 0 aromatic heterocycles. The minimum absolute atomic E-state index is 0.0672. The van der Waals surface area contributed by atoms with E-state index in [1.165, 1.54) is 0 Å². The number of amides is 1. The van der Waals surface area contributed by atoms with E-state index >= 15 is 0 Å². The Balaban J connectivity index is 1.96. The molecular weight excluding hydrogens is 238 g/mol. The Labute approximate surface area is 103 Å². The zero-order chi connectivity index (χ0) is 13.3. The highest BCUT2D eigenvalue weighted by atomic mass is 16.3. The van der Waals surface area contributed by atoms with E-state index in [0.29, 0.717) is 13.0 Å². The van der Waals surface area contributed by atoms with Crippen LogP contribution in [0.25, 0.3) is 0 Å². The van der Waals surface area contributed by atoms with Gasteiger partial charge in [0.15, 0.2) is 22.9 Å². The molecule has 0 aliphatic carbocycles. The van der Waals surface area contributed by atoms with Gasteiger partial charge in [-0.1, -0.05) is 0 Å². The van der Waals surface area contributed by atoms with Crippen molar-refractivity contribution in [2.45, 2.75) is 19.0 Å². The third-order valence-corrected chi connectivity index (χ3v) is 2.66. The first-order valence-electron chi connectivity index (χ1n) is 5.38. The van der Waals surface area contributed by atoms with E-state index in [4.69, 9.17) is 5.11 Å². The molecule has 1 aliphatic rings. The summed E-state index contributed by atoms with van der Waals surface area (Å²) in [6.07, 6.45) is 0.592. The quantitative estimate of drug-likeness (QED) is 0.600. The van der Waals surface area contributed by atoms with E-state index in [-0.39, 0.29) is 11.2 Å². The number of aromatic hydroxyl groups is 3. The lowest BCUT2D eigenvalue weighted by molar-refractivity contribution is 0.0951. The minimum Gasteiger partial charge on any atom is -0.504 e. The van der Waals surface area contributed by atoms with Gasteiger partial charge < -0.3 is 20.6 Å². The molecule has 0 saturated carbocycles. The number of carbonyl (C=O) groups excluding carboxylic acids is 1. The predicted molar refractivity (Wildman–Crippen MR) is 61.6 cm³/mol. The van der Waals surface area contributed by atoms with E-state index in [9.17, 15) is 15.0 Å². The molecule has 2 rings (SSSR count). The van der Waals surface area contributed by atoms with E-state index in [1.54, 1.807) is 0 Å². The van der Waals surface area contributed by atoms with Gasteiger partial charge in [0.05, 0.1) is 0 Å². The van der Waals surface area contributed by atoms with Crippen molar-refractivity contribution in [3.8, 4) is 17.2 Å². The summed E-state index contributed by atoms with van der Waals surface area (Å²) in [5.74, 6) is -2.18. The number of phenols is 3. The standard InChI is InChI=1S/C11H13N3O4/c1-11(13-14-11)2-3-12-10(18)6-4-7(15)9(17)8(16)5-6/h4-5,15-17H,2-3H2,1H3,(H,12,18). The van der Waals surface area contributed by atoms with Gasteiger partial charge in [-0.2, -0.15) is 10.2 Å². The lowest BCUT2D eigenvalue weighted by Gasteiger charge is -2.08. The first-order chi connectivity index (χ1) is 8.41. The highest BCUT2D eigenvalue weighted by Crippen LogP contribution is 2.35. The van der Waals surface area contributed by atoms with Crippen LogP contribution in [-0.2, 0) is 0 Å². The monoisotopic (exact) mass is 251 g/mol. The fraction of sp³-hybridized carbons (Fsp3) is 0.364. The molecule has 0 fully saturated rings.